The van der Waals surface area contributed by atoms with Crippen LogP contribution in [0.1, 0.15) is 87.1 Å². The van der Waals surface area contributed by atoms with E-state index in [4.69, 9.17) is 9.47 Å². The van der Waals surface area contributed by atoms with Gasteiger partial charge in [-0.05, 0) is 73.2 Å². The molecule has 4 amide bonds. The molecule has 10 nitrogen and oxygen atoms in total. The van der Waals surface area contributed by atoms with Gasteiger partial charge >= 0.3 is 11.9 Å². The number of nitrogens with one attached hydrogen (secondary N) is 2. The average Bonchev–Trinajstić information content (AvgIpc) is 3.32. The summed E-state index contributed by atoms with van der Waals surface area (Å²) < 4.78 is 10.6. The Bertz CT molecular complexity index is 1370. The molecule has 0 radical (unpaired) electrons. The fourth-order valence-electron chi connectivity index (χ4n) is 4.34. The molecule has 0 bridgehead atoms. The summed E-state index contributed by atoms with van der Waals surface area (Å²) in [6, 6.07) is 5.51. The van der Waals surface area contributed by atoms with Crippen LogP contribution in [-0.4, -0.2) is 48.8 Å². The van der Waals surface area contributed by atoms with Crippen LogP contribution in [-0.2, 0) is 22.3 Å². The highest BCUT2D eigenvalue weighted by molar-refractivity contribution is 6.24. The third-order valence-corrected chi connectivity index (χ3v) is 5.99. The number of carbonyl (C=O) groups is 6. The van der Waals surface area contributed by atoms with Crippen molar-refractivity contribution in [2.24, 2.45) is 0 Å². The Balaban J connectivity index is 1.79. The van der Waals surface area contributed by atoms with E-state index in [0.29, 0.717) is 11.1 Å². The van der Waals surface area contributed by atoms with Crippen molar-refractivity contribution >= 4 is 35.6 Å². The molecule has 0 unspecified atom stereocenters. The monoisotopic (exact) mass is 516 g/mol. The van der Waals surface area contributed by atoms with Crippen molar-refractivity contribution in [3.8, 4) is 0 Å². The molecule has 0 spiro atoms. The predicted octanol–water partition coefficient (Wildman–Crippen LogP) is 2.70. The third kappa shape index (κ3) is 4.88. The van der Waals surface area contributed by atoms with Gasteiger partial charge in [-0.3, -0.25) is 29.8 Å². The van der Waals surface area contributed by atoms with Gasteiger partial charge < -0.3 is 9.47 Å². The maximum atomic E-state index is 12.9. The summed E-state index contributed by atoms with van der Waals surface area (Å²) in [5.74, 6) is -4.04. The summed E-state index contributed by atoms with van der Waals surface area (Å²) in [4.78, 5) is 75.7. The van der Waals surface area contributed by atoms with Crippen molar-refractivity contribution in [1.29, 1.82) is 0 Å². The molecule has 0 aliphatic carbocycles. The van der Waals surface area contributed by atoms with Gasteiger partial charge in [-0.2, -0.15) is 0 Å². The van der Waals surface area contributed by atoms with Crippen LogP contribution in [0.25, 0.3) is 0 Å². The number of amides is 4. The number of benzene rings is 2. The molecule has 0 aromatic heterocycles. The van der Waals surface area contributed by atoms with Crippen LogP contribution in [0.2, 0.25) is 0 Å². The minimum atomic E-state index is -0.731. The molecular formula is C28H24N2O8. The first-order valence-electron chi connectivity index (χ1n) is 11.7. The van der Waals surface area contributed by atoms with Gasteiger partial charge in [0, 0.05) is 0 Å². The average molecular weight is 517 g/mol. The Kier molecular flexibility index (Phi) is 7.07. The second-order valence-corrected chi connectivity index (χ2v) is 9.16. The lowest BCUT2D eigenvalue weighted by Gasteiger charge is -2.16. The molecule has 2 aliphatic rings. The number of fused-ring (bicyclic) bond motifs is 2. The van der Waals surface area contributed by atoms with Crippen molar-refractivity contribution in [2.45, 2.75) is 26.7 Å². The normalized spacial score (nSPS) is 13.4. The van der Waals surface area contributed by atoms with Gasteiger partial charge in [0.25, 0.3) is 23.6 Å². The van der Waals surface area contributed by atoms with Gasteiger partial charge in [0.05, 0.1) is 33.4 Å². The summed E-state index contributed by atoms with van der Waals surface area (Å²) in [5, 5.41) is 4.43. The van der Waals surface area contributed by atoms with Crippen molar-refractivity contribution in [3.05, 3.63) is 93.1 Å². The largest absolute Gasteiger partial charge is 0.458 e. The Labute approximate surface area is 217 Å². The highest BCUT2D eigenvalue weighted by Crippen LogP contribution is 2.30. The molecule has 4 rings (SSSR count). The molecule has 2 N–H and O–H groups in total. The number of rotatable bonds is 9. The molecular weight excluding hydrogens is 492 g/mol. The van der Waals surface area contributed by atoms with E-state index in [1.54, 1.807) is 13.8 Å². The molecule has 38 heavy (non-hydrogen) atoms. The lowest BCUT2D eigenvalue weighted by Crippen LogP contribution is -2.21. The second kappa shape index (κ2) is 10.3. The van der Waals surface area contributed by atoms with Crippen molar-refractivity contribution in [3.63, 3.8) is 0 Å². The molecule has 2 heterocycles. The number of carbonyl (C=O) groups excluding carboxylic acids is 6. The van der Waals surface area contributed by atoms with Crippen molar-refractivity contribution < 1.29 is 38.2 Å². The summed E-state index contributed by atoms with van der Waals surface area (Å²) in [6.45, 7) is 10.7. The van der Waals surface area contributed by atoms with E-state index in [9.17, 15) is 28.8 Å². The minimum absolute atomic E-state index is 0.0132. The highest BCUT2D eigenvalue weighted by atomic mass is 16.5. The first-order valence-corrected chi connectivity index (χ1v) is 11.7. The molecule has 194 valence electrons. The van der Waals surface area contributed by atoms with Gasteiger partial charge in [0.15, 0.2) is 0 Å². The van der Waals surface area contributed by atoms with E-state index in [0.717, 1.165) is 0 Å². The van der Waals surface area contributed by atoms with E-state index in [1.165, 1.54) is 24.3 Å². The maximum Gasteiger partial charge on any atom is 0.338 e. The lowest BCUT2D eigenvalue weighted by atomic mass is 9.88. The highest BCUT2D eigenvalue weighted by Gasteiger charge is 2.35. The summed E-state index contributed by atoms with van der Waals surface area (Å²) >= 11 is 0. The van der Waals surface area contributed by atoms with Gasteiger partial charge in [-0.15, -0.1) is 0 Å². The molecule has 0 atom stereocenters. The van der Waals surface area contributed by atoms with Gasteiger partial charge in [0.1, 0.15) is 13.2 Å². The topological polar surface area (TPSA) is 145 Å². The summed E-state index contributed by atoms with van der Waals surface area (Å²) in [7, 11) is 0. The van der Waals surface area contributed by atoms with Gasteiger partial charge in [-0.25, -0.2) is 9.59 Å². The third-order valence-electron chi connectivity index (χ3n) is 5.99. The molecule has 0 fully saturated rings. The number of ether oxygens (including phenoxy) is 2. The fourth-order valence-corrected chi connectivity index (χ4v) is 4.34. The quantitative estimate of drug-likeness (QED) is 0.294. The Hall–Kier alpha value is -4.86. The van der Waals surface area contributed by atoms with E-state index in [-0.39, 0.29) is 70.6 Å². The standard InChI is InChI=1S/C28H24N2O8/c1-13(2)11-37-27(35)17-7-9-19-21(25(33)29-23(19)31)15(17)5-6-16-18(28(36)38-12-14(3)4)8-10-20-22(16)26(34)30-24(20)32/h7-10H,1,3,5-6,11-12H2,2,4H3,(H,29,31,33)(H,30,32,34). The Morgan fingerprint density at radius 2 is 1.03 bits per heavy atom. The maximum absolute atomic E-state index is 12.9. The van der Waals surface area contributed by atoms with E-state index in [2.05, 4.69) is 23.8 Å². The molecule has 0 saturated carbocycles. The molecule has 2 aliphatic heterocycles. The van der Waals surface area contributed by atoms with Crippen molar-refractivity contribution in [2.75, 3.05) is 13.2 Å². The number of esters is 2. The van der Waals surface area contributed by atoms with Crippen LogP contribution in [0.5, 0.6) is 0 Å². The van der Waals surface area contributed by atoms with Crippen LogP contribution >= 0.6 is 0 Å². The second-order valence-electron chi connectivity index (χ2n) is 9.16. The number of hydrogen-bond acceptors (Lipinski definition) is 8. The van der Waals surface area contributed by atoms with Crippen LogP contribution in [0, 0.1) is 0 Å². The van der Waals surface area contributed by atoms with Gasteiger partial charge in [0.2, 0.25) is 0 Å². The first-order chi connectivity index (χ1) is 18.0. The van der Waals surface area contributed by atoms with Crippen LogP contribution < -0.4 is 10.6 Å². The van der Waals surface area contributed by atoms with Crippen LogP contribution in [0.4, 0.5) is 0 Å². The number of hydrogen-bond donors (Lipinski definition) is 2. The predicted molar refractivity (Wildman–Crippen MR) is 134 cm³/mol. The molecule has 0 saturated heterocycles. The first kappa shape index (κ1) is 26.2. The zero-order valence-corrected chi connectivity index (χ0v) is 20.8. The molecule has 2 aromatic rings. The van der Waals surface area contributed by atoms with E-state index in [1.807, 2.05) is 0 Å². The number of imide groups is 2. The Morgan fingerprint density at radius 3 is 1.37 bits per heavy atom. The smallest absolute Gasteiger partial charge is 0.338 e. The van der Waals surface area contributed by atoms with Crippen molar-refractivity contribution in [1.82, 2.24) is 10.6 Å². The Morgan fingerprint density at radius 1 is 0.658 bits per heavy atom. The summed E-state index contributed by atoms with van der Waals surface area (Å²) in [5.41, 5.74) is 1.93. The van der Waals surface area contributed by atoms with E-state index >= 15 is 0 Å². The van der Waals surface area contributed by atoms with E-state index < -0.39 is 35.6 Å². The minimum Gasteiger partial charge on any atom is -0.458 e. The summed E-state index contributed by atoms with van der Waals surface area (Å²) in [6.07, 6.45) is -0.0832. The van der Waals surface area contributed by atoms with Crippen LogP contribution in [0.3, 0.4) is 0 Å². The zero-order chi connectivity index (χ0) is 27.7. The fraction of sp³-hybridized carbons (Fsp3) is 0.214. The lowest BCUT2D eigenvalue weighted by molar-refractivity contribution is 0.0529. The van der Waals surface area contributed by atoms with Crippen LogP contribution in [0.15, 0.2) is 48.6 Å². The molecule has 10 heteroatoms. The molecule has 2 aromatic carbocycles. The zero-order valence-electron chi connectivity index (χ0n) is 20.8. The van der Waals surface area contributed by atoms with Gasteiger partial charge in [-0.1, -0.05) is 13.2 Å². The SMILES string of the molecule is C=C(C)COC(=O)c1ccc2c(c1CCc1c(C(=O)OCC(=C)C)ccc3c1C(=O)NC3=O)C(=O)NC2=O.